The van der Waals surface area contributed by atoms with Gasteiger partial charge in [-0.05, 0) is 13.8 Å². The maximum atomic E-state index is 12.3. The van der Waals surface area contributed by atoms with Crippen LogP contribution in [0.1, 0.15) is 13.8 Å². The summed E-state index contributed by atoms with van der Waals surface area (Å²) in [6, 6.07) is 2.76. The molecule has 0 N–H and O–H groups in total. The fraction of sp³-hybridized carbons (Fsp3) is 0.571. The molecule has 10 heavy (non-hydrogen) atoms. The van der Waals surface area contributed by atoms with Crippen LogP contribution >= 0.6 is 0 Å². The summed E-state index contributed by atoms with van der Waals surface area (Å²) >= 11 is 0. The summed E-state index contributed by atoms with van der Waals surface area (Å²) in [7, 11) is 0. The van der Waals surface area contributed by atoms with Gasteiger partial charge in [0.05, 0.1) is 11.7 Å². The van der Waals surface area contributed by atoms with Gasteiger partial charge in [0.2, 0.25) is 0 Å². The number of nitrogens with zero attached hydrogens (tertiary/aromatic N) is 2. The molecule has 0 saturated carbocycles. The van der Waals surface area contributed by atoms with Crippen LogP contribution in [0.3, 0.4) is 0 Å². The van der Waals surface area contributed by atoms with Gasteiger partial charge in [-0.2, -0.15) is 5.10 Å². The highest BCUT2D eigenvalue weighted by Gasteiger charge is 2.19. The van der Waals surface area contributed by atoms with E-state index in [2.05, 4.69) is 11.2 Å². The predicted octanol–water partition coefficient (Wildman–Crippen LogP) is 1.39. The minimum absolute atomic E-state index is 0.414. The Hall–Kier alpha value is -0.860. The molecule has 0 unspecified atom stereocenters. The molecule has 0 aliphatic heterocycles. The molecule has 0 aromatic carbocycles. The first kappa shape index (κ1) is 7.25. The van der Waals surface area contributed by atoms with Crippen LogP contribution in [0.2, 0.25) is 0 Å². The van der Waals surface area contributed by atoms with Gasteiger partial charge >= 0.3 is 0 Å². The number of hydrogen-bond acceptors (Lipinski definition) is 1. The quantitative estimate of drug-likeness (QED) is 0.608. The molecule has 55 valence electrons. The summed E-state index contributed by atoms with van der Waals surface area (Å²) in [5.41, 5.74) is -0.528. The maximum Gasteiger partial charge on any atom is 0.114 e. The molecule has 1 heterocycles. The lowest BCUT2D eigenvalue weighted by Gasteiger charge is -2.20. The fourth-order valence-corrected chi connectivity index (χ4v) is 0.625. The van der Waals surface area contributed by atoms with Gasteiger partial charge in [0.1, 0.15) is 6.67 Å². The van der Waals surface area contributed by atoms with E-state index in [0.717, 1.165) is 0 Å². The molecule has 0 amide bonds. The van der Waals surface area contributed by atoms with E-state index in [1.165, 1.54) is 6.20 Å². The molecule has 0 aliphatic rings. The van der Waals surface area contributed by atoms with Crippen molar-refractivity contribution in [1.29, 1.82) is 0 Å². The van der Waals surface area contributed by atoms with Gasteiger partial charge < -0.3 is 0 Å². The summed E-state index contributed by atoms with van der Waals surface area (Å²) in [4.78, 5) is 0. The van der Waals surface area contributed by atoms with E-state index in [1.807, 2.05) is 0 Å². The monoisotopic (exact) mass is 141 g/mol. The van der Waals surface area contributed by atoms with Crippen LogP contribution in [0.25, 0.3) is 0 Å². The molecule has 0 bridgehead atoms. The molecule has 0 fully saturated rings. The first-order valence-electron chi connectivity index (χ1n) is 3.14. The normalized spacial score (nSPS) is 11.9. The van der Waals surface area contributed by atoms with Gasteiger partial charge in [-0.1, -0.05) is 0 Å². The lowest BCUT2D eigenvalue weighted by atomic mass is 10.1. The van der Waals surface area contributed by atoms with Crippen molar-refractivity contribution in [1.82, 2.24) is 9.78 Å². The molecule has 2 nitrogen and oxygen atoms in total. The van der Waals surface area contributed by atoms with Crippen molar-refractivity contribution in [2.45, 2.75) is 19.4 Å². The Morgan fingerprint density at radius 2 is 2.40 bits per heavy atom. The first-order chi connectivity index (χ1) is 4.67. The second kappa shape index (κ2) is 2.40. The predicted molar refractivity (Wildman–Crippen MR) is 36.4 cm³/mol. The molecular weight excluding hydrogens is 131 g/mol. The van der Waals surface area contributed by atoms with Crippen LogP contribution in [-0.4, -0.2) is 16.5 Å². The number of alkyl halides is 1. The first-order valence-corrected chi connectivity index (χ1v) is 3.14. The molecule has 0 aliphatic carbocycles. The SMILES string of the molecule is CC(C)(CF)n1c[c]cn1. The van der Waals surface area contributed by atoms with Gasteiger partial charge in [-0.3, -0.25) is 4.68 Å². The van der Waals surface area contributed by atoms with Crippen molar-refractivity contribution in [3.63, 3.8) is 0 Å². The van der Waals surface area contributed by atoms with Crippen LogP contribution < -0.4 is 0 Å². The van der Waals surface area contributed by atoms with Gasteiger partial charge in [0, 0.05) is 12.3 Å². The van der Waals surface area contributed by atoms with Gasteiger partial charge in [-0.25, -0.2) is 4.39 Å². The third kappa shape index (κ3) is 1.17. The molecule has 0 saturated heterocycles. The van der Waals surface area contributed by atoms with Gasteiger partial charge in [0.15, 0.2) is 0 Å². The van der Waals surface area contributed by atoms with E-state index in [4.69, 9.17) is 0 Å². The Balaban J connectivity index is 2.85. The van der Waals surface area contributed by atoms with Crippen LogP contribution in [0, 0.1) is 6.07 Å². The minimum atomic E-state index is -0.528. The zero-order valence-corrected chi connectivity index (χ0v) is 6.13. The smallest absolute Gasteiger partial charge is 0.114 e. The summed E-state index contributed by atoms with van der Waals surface area (Å²) < 4.78 is 13.8. The second-order valence-electron chi connectivity index (χ2n) is 2.83. The summed E-state index contributed by atoms with van der Waals surface area (Å²) in [5, 5.41) is 3.88. The zero-order chi connectivity index (χ0) is 7.61. The van der Waals surface area contributed by atoms with Crippen molar-refractivity contribution in [2.24, 2.45) is 0 Å². The molecule has 1 aromatic heterocycles. The summed E-state index contributed by atoms with van der Waals surface area (Å²) in [6.45, 7) is 3.16. The highest BCUT2D eigenvalue weighted by atomic mass is 19.1. The third-order valence-electron chi connectivity index (χ3n) is 1.40. The Labute approximate surface area is 59.7 Å². The van der Waals surface area contributed by atoms with E-state index in [1.54, 1.807) is 24.7 Å². The van der Waals surface area contributed by atoms with E-state index in [-0.39, 0.29) is 0 Å². The lowest BCUT2D eigenvalue weighted by Crippen LogP contribution is -2.28. The second-order valence-corrected chi connectivity index (χ2v) is 2.83. The van der Waals surface area contributed by atoms with E-state index >= 15 is 0 Å². The number of halogens is 1. The molecule has 1 aromatic rings. The van der Waals surface area contributed by atoms with E-state index in [9.17, 15) is 4.39 Å². The van der Waals surface area contributed by atoms with E-state index < -0.39 is 12.2 Å². The van der Waals surface area contributed by atoms with Gasteiger partial charge in [0.25, 0.3) is 0 Å². The largest absolute Gasteiger partial charge is 0.264 e. The lowest BCUT2D eigenvalue weighted by molar-refractivity contribution is 0.236. The summed E-state index contributed by atoms with van der Waals surface area (Å²) in [5.74, 6) is 0. The van der Waals surface area contributed by atoms with Crippen molar-refractivity contribution in [3.05, 3.63) is 18.5 Å². The average molecular weight is 141 g/mol. The summed E-state index contributed by atoms with van der Waals surface area (Å²) in [6.07, 6.45) is 3.16. The van der Waals surface area contributed by atoms with Crippen molar-refractivity contribution >= 4 is 0 Å². The van der Waals surface area contributed by atoms with Crippen molar-refractivity contribution in [2.75, 3.05) is 6.67 Å². The van der Waals surface area contributed by atoms with Crippen molar-refractivity contribution < 1.29 is 4.39 Å². The zero-order valence-electron chi connectivity index (χ0n) is 6.13. The molecule has 3 heteroatoms. The average Bonchev–Trinajstić information content (AvgIpc) is 2.38. The van der Waals surface area contributed by atoms with Crippen LogP contribution in [-0.2, 0) is 5.54 Å². The highest BCUT2D eigenvalue weighted by Crippen LogP contribution is 2.12. The van der Waals surface area contributed by atoms with Crippen LogP contribution in [0.15, 0.2) is 12.4 Å². The Kier molecular flexibility index (Phi) is 1.74. The Morgan fingerprint density at radius 3 is 2.80 bits per heavy atom. The number of rotatable bonds is 2. The van der Waals surface area contributed by atoms with Crippen LogP contribution in [0.5, 0.6) is 0 Å². The minimum Gasteiger partial charge on any atom is -0.264 e. The Morgan fingerprint density at radius 1 is 1.70 bits per heavy atom. The third-order valence-corrected chi connectivity index (χ3v) is 1.40. The number of aromatic nitrogens is 2. The van der Waals surface area contributed by atoms with Crippen molar-refractivity contribution in [3.8, 4) is 0 Å². The number of hydrogen-bond donors (Lipinski definition) is 0. The topological polar surface area (TPSA) is 17.8 Å². The van der Waals surface area contributed by atoms with Crippen LogP contribution in [0.4, 0.5) is 4.39 Å². The molecule has 1 rings (SSSR count). The fourth-order valence-electron chi connectivity index (χ4n) is 0.625. The van der Waals surface area contributed by atoms with Gasteiger partial charge in [-0.15, -0.1) is 0 Å². The molecule has 0 atom stereocenters. The highest BCUT2D eigenvalue weighted by molar-refractivity contribution is 4.83. The molecule has 1 radical (unpaired) electrons. The standard InChI is InChI=1S/C7H10FN2/c1-7(2,6-8)10-5-3-4-9-10/h4-5H,6H2,1-2H3. The Bertz CT molecular complexity index is 191. The molecular formula is C7H10FN2. The maximum absolute atomic E-state index is 12.3. The molecule has 0 spiro atoms. The van der Waals surface area contributed by atoms with E-state index in [0.29, 0.717) is 0 Å².